The number of halogens is 5. The summed E-state index contributed by atoms with van der Waals surface area (Å²) >= 11 is 6.15. The maximum atomic E-state index is 14.7. The summed E-state index contributed by atoms with van der Waals surface area (Å²) in [7, 11) is 0. The van der Waals surface area contributed by atoms with Crippen molar-refractivity contribution in [3.8, 4) is 34.0 Å². The summed E-state index contributed by atoms with van der Waals surface area (Å²) in [4.78, 5) is 0. The van der Waals surface area contributed by atoms with Crippen LogP contribution in [0, 0.1) is 12.7 Å². The average molecular weight is 486 g/mol. The van der Waals surface area contributed by atoms with Gasteiger partial charge in [-0.2, -0.15) is 18.3 Å². The number of hydrogen-bond acceptors (Lipinski definition) is 7. The van der Waals surface area contributed by atoms with E-state index in [2.05, 4.69) is 20.5 Å². The third-order valence-corrected chi connectivity index (χ3v) is 4.84. The van der Waals surface area contributed by atoms with Crippen molar-refractivity contribution in [2.75, 3.05) is 0 Å². The normalized spacial score (nSPS) is 12.5. The summed E-state index contributed by atoms with van der Waals surface area (Å²) < 4.78 is 68.1. The van der Waals surface area contributed by atoms with E-state index in [1.54, 1.807) is 0 Å². The highest BCUT2D eigenvalue weighted by Crippen LogP contribution is 2.46. The molecule has 33 heavy (non-hydrogen) atoms. The van der Waals surface area contributed by atoms with E-state index in [1.807, 2.05) is 0 Å². The van der Waals surface area contributed by atoms with E-state index in [-0.39, 0.29) is 33.6 Å². The quantitative estimate of drug-likeness (QED) is 0.390. The molecule has 4 rings (SSSR count). The summed E-state index contributed by atoms with van der Waals surface area (Å²) in [5.74, 6) is -1.35. The Morgan fingerprint density at radius 3 is 2.45 bits per heavy atom. The first kappa shape index (κ1) is 22.9. The van der Waals surface area contributed by atoms with Gasteiger partial charge in [-0.15, -0.1) is 10.2 Å². The zero-order chi connectivity index (χ0) is 24.1. The fraction of sp³-hybridized carbons (Fsp3) is 0.300. The van der Waals surface area contributed by atoms with E-state index in [0.717, 1.165) is 12.3 Å². The van der Waals surface area contributed by atoms with Crippen LogP contribution in [0.5, 0.6) is 0 Å². The molecular weight excluding hydrogens is 470 g/mol. The molecule has 13 heteroatoms. The van der Waals surface area contributed by atoms with E-state index >= 15 is 0 Å². The maximum absolute atomic E-state index is 14.7. The fourth-order valence-corrected chi connectivity index (χ4v) is 3.55. The van der Waals surface area contributed by atoms with Crippen LogP contribution in [0.25, 0.3) is 34.0 Å². The lowest BCUT2D eigenvalue weighted by molar-refractivity contribution is -0.144. The van der Waals surface area contributed by atoms with E-state index in [4.69, 9.17) is 20.5 Å². The Kier molecular flexibility index (Phi) is 5.53. The number of benzene rings is 1. The van der Waals surface area contributed by atoms with Crippen molar-refractivity contribution in [2.45, 2.75) is 39.1 Å². The van der Waals surface area contributed by atoms with Crippen LogP contribution in [0.15, 0.2) is 33.3 Å². The Balaban J connectivity index is 2.02. The highest BCUT2D eigenvalue weighted by atomic mass is 35.5. The Hall–Kier alpha value is -3.25. The number of aliphatic hydroxyl groups is 1. The molecule has 174 valence electrons. The molecule has 0 saturated carbocycles. The zero-order valence-corrected chi connectivity index (χ0v) is 18.2. The third kappa shape index (κ3) is 4.35. The fourth-order valence-electron chi connectivity index (χ4n) is 3.30. The van der Waals surface area contributed by atoms with E-state index < -0.39 is 41.2 Å². The van der Waals surface area contributed by atoms with Crippen LogP contribution in [-0.4, -0.2) is 35.8 Å². The van der Waals surface area contributed by atoms with Gasteiger partial charge in [-0.1, -0.05) is 22.8 Å². The van der Waals surface area contributed by atoms with Crippen LogP contribution >= 0.6 is 11.6 Å². The minimum absolute atomic E-state index is 0.0545. The largest absolute Gasteiger partial charge is 0.433 e. The van der Waals surface area contributed by atoms with Gasteiger partial charge in [0.05, 0.1) is 34.5 Å². The Morgan fingerprint density at radius 1 is 1.15 bits per heavy atom. The lowest BCUT2D eigenvalue weighted by atomic mass is 10.0. The SMILES string of the molecule is Cc1nnc(-c2c(-c3c(F)cccc3Cl)noc2-c2cnn(CC(C)(C)O)c2C(F)(F)F)o1. The van der Waals surface area contributed by atoms with Crippen LogP contribution in [0.1, 0.15) is 25.4 Å². The number of aromatic nitrogens is 5. The van der Waals surface area contributed by atoms with Gasteiger partial charge in [-0.3, -0.25) is 4.68 Å². The van der Waals surface area contributed by atoms with E-state index in [0.29, 0.717) is 4.68 Å². The highest BCUT2D eigenvalue weighted by molar-refractivity contribution is 6.33. The van der Waals surface area contributed by atoms with Crippen molar-refractivity contribution < 1.29 is 31.6 Å². The van der Waals surface area contributed by atoms with Crippen molar-refractivity contribution in [2.24, 2.45) is 0 Å². The number of rotatable bonds is 5. The molecule has 0 amide bonds. The van der Waals surface area contributed by atoms with Crippen LogP contribution in [-0.2, 0) is 12.7 Å². The predicted octanol–water partition coefficient (Wildman–Crippen LogP) is 5.15. The number of alkyl halides is 3. The first-order valence-corrected chi connectivity index (χ1v) is 9.85. The van der Waals surface area contributed by atoms with Gasteiger partial charge in [0.25, 0.3) is 5.89 Å². The predicted molar refractivity (Wildman–Crippen MR) is 107 cm³/mol. The molecule has 8 nitrogen and oxygen atoms in total. The van der Waals surface area contributed by atoms with Gasteiger partial charge in [0.2, 0.25) is 5.89 Å². The lowest BCUT2D eigenvalue weighted by Gasteiger charge is -2.20. The molecule has 0 unspecified atom stereocenters. The second kappa shape index (κ2) is 7.96. The monoisotopic (exact) mass is 485 g/mol. The molecule has 0 radical (unpaired) electrons. The van der Waals surface area contributed by atoms with Gasteiger partial charge in [0, 0.05) is 6.92 Å². The topological polar surface area (TPSA) is 103 Å². The van der Waals surface area contributed by atoms with Gasteiger partial charge < -0.3 is 14.0 Å². The molecule has 0 saturated heterocycles. The van der Waals surface area contributed by atoms with Gasteiger partial charge in [-0.05, 0) is 26.0 Å². The molecule has 1 aromatic carbocycles. The van der Waals surface area contributed by atoms with Crippen LogP contribution in [0.4, 0.5) is 17.6 Å². The Labute approximate surface area is 188 Å². The molecule has 0 aliphatic carbocycles. The molecular formula is C20H16ClF4N5O3. The molecule has 0 aliphatic heterocycles. The van der Waals surface area contributed by atoms with Crippen molar-refractivity contribution in [3.05, 3.63) is 46.8 Å². The molecule has 1 N–H and O–H groups in total. The minimum atomic E-state index is -4.89. The summed E-state index contributed by atoms with van der Waals surface area (Å²) in [5, 5.41) is 25.1. The standard InChI is InChI=1S/C20H16ClF4N5O3/c1-9-27-28-18(32-9)14-15(13-11(21)5-4-6-12(13)22)29-33-16(14)10-7-26-30(8-19(2,3)31)17(10)20(23,24)25/h4-7,31H,8H2,1-3H3. The maximum Gasteiger partial charge on any atom is 0.433 e. The Bertz CT molecular complexity index is 1300. The third-order valence-electron chi connectivity index (χ3n) is 4.52. The number of aryl methyl sites for hydroxylation is 1. The molecule has 0 atom stereocenters. The van der Waals surface area contributed by atoms with E-state index in [1.165, 1.54) is 32.9 Å². The molecule has 0 bridgehead atoms. The van der Waals surface area contributed by atoms with Crippen molar-refractivity contribution in [3.63, 3.8) is 0 Å². The summed E-state index contributed by atoms with van der Waals surface area (Å²) in [6.07, 6.45) is -3.98. The number of nitrogens with zero attached hydrogens (tertiary/aromatic N) is 5. The molecule has 3 heterocycles. The van der Waals surface area contributed by atoms with Crippen LogP contribution < -0.4 is 0 Å². The zero-order valence-electron chi connectivity index (χ0n) is 17.4. The van der Waals surface area contributed by atoms with E-state index in [9.17, 15) is 22.7 Å². The molecule has 0 aliphatic rings. The van der Waals surface area contributed by atoms with Gasteiger partial charge >= 0.3 is 6.18 Å². The molecule has 0 fully saturated rings. The first-order valence-electron chi connectivity index (χ1n) is 9.47. The molecule has 0 spiro atoms. The average Bonchev–Trinajstić information content (AvgIpc) is 3.37. The molecule has 4 aromatic rings. The Morgan fingerprint density at radius 2 is 1.88 bits per heavy atom. The number of hydrogen-bond donors (Lipinski definition) is 1. The second-order valence-electron chi connectivity index (χ2n) is 7.83. The lowest BCUT2D eigenvalue weighted by Crippen LogP contribution is -2.29. The smallest absolute Gasteiger partial charge is 0.421 e. The second-order valence-corrected chi connectivity index (χ2v) is 8.24. The van der Waals surface area contributed by atoms with Crippen molar-refractivity contribution in [1.29, 1.82) is 0 Å². The van der Waals surface area contributed by atoms with Crippen molar-refractivity contribution >= 4 is 11.6 Å². The summed E-state index contributed by atoms with van der Waals surface area (Å²) in [6.45, 7) is 3.70. The first-order chi connectivity index (χ1) is 15.4. The van der Waals surface area contributed by atoms with Gasteiger partial charge in [-0.25, -0.2) is 4.39 Å². The van der Waals surface area contributed by atoms with Crippen molar-refractivity contribution in [1.82, 2.24) is 25.1 Å². The van der Waals surface area contributed by atoms with Gasteiger partial charge in [0.1, 0.15) is 17.1 Å². The van der Waals surface area contributed by atoms with Gasteiger partial charge in [0.15, 0.2) is 11.5 Å². The van der Waals surface area contributed by atoms with Crippen LogP contribution in [0.2, 0.25) is 5.02 Å². The summed E-state index contributed by atoms with van der Waals surface area (Å²) in [5.41, 5.74) is -3.83. The molecule has 3 aromatic heterocycles. The van der Waals surface area contributed by atoms with Crippen LogP contribution in [0.3, 0.4) is 0 Å². The summed E-state index contributed by atoms with van der Waals surface area (Å²) in [6, 6.07) is 3.86. The minimum Gasteiger partial charge on any atom is -0.421 e. The highest BCUT2D eigenvalue weighted by Gasteiger charge is 2.42.